The molecule has 0 aliphatic heterocycles. The van der Waals surface area contributed by atoms with Crippen LogP contribution in [0.1, 0.15) is 10.4 Å². The summed E-state index contributed by atoms with van der Waals surface area (Å²) >= 11 is 0. The van der Waals surface area contributed by atoms with Gasteiger partial charge in [-0.25, -0.2) is 14.7 Å². The minimum absolute atomic E-state index is 0.0294. The van der Waals surface area contributed by atoms with Crippen molar-refractivity contribution in [3.05, 3.63) is 23.9 Å². The summed E-state index contributed by atoms with van der Waals surface area (Å²) in [5, 5.41) is 0. The van der Waals surface area contributed by atoms with Crippen LogP contribution in [0, 0.1) is 0 Å². The van der Waals surface area contributed by atoms with Gasteiger partial charge in [0.2, 0.25) is 0 Å². The number of rotatable bonds is 1. The molecule has 0 atom stereocenters. The molecule has 1 rings (SSSR count). The Labute approximate surface area is 61.7 Å². The van der Waals surface area contributed by atoms with Gasteiger partial charge in [0.15, 0.2) is 0 Å². The Balaban J connectivity index is 2.90. The summed E-state index contributed by atoms with van der Waals surface area (Å²) in [5.41, 5.74) is 5.24. The van der Waals surface area contributed by atoms with Gasteiger partial charge in [0, 0.05) is 10.7 Å². The van der Waals surface area contributed by atoms with E-state index in [9.17, 15) is 9.32 Å². The van der Waals surface area contributed by atoms with E-state index in [1.807, 2.05) is 0 Å². The lowest BCUT2D eigenvalue weighted by Crippen LogP contribution is -2.00. The van der Waals surface area contributed by atoms with Crippen molar-refractivity contribution < 1.29 is 14.3 Å². The number of nitrogens with two attached hydrogens (primary N) is 1. The number of anilines is 1. The Morgan fingerprint density at radius 2 is 2.36 bits per heavy atom. The number of nitrogens with zero attached hydrogens (tertiary/aromatic N) is 1. The van der Waals surface area contributed by atoms with Gasteiger partial charge in [0.25, 0.3) is 0 Å². The van der Waals surface area contributed by atoms with Gasteiger partial charge in [-0.15, -0.1) is 0 Å². The molecule has 1 aromatic rings. The number of nitrogen functional groups attached to an aromatic ring is 1. The second-order valence-corrected chi connectivity index (χ2v) is 1.84. The standard InChI is InChI=1S/C6H5FN2O2/c7-11-6(10)4-1-2-5(8)9-3-4/h1-3H,(H2,8,9). The largest absolute Gasteiger partial charge is 0.384 e. The van der Waals surface area contributed by atoms with E-state index >= 15 is 0 Å². The third kappa shape index (κ3) is 1.64. The first kappa shape index (κ1) is 7.46. The maximum absolute atomic E-state index is 11.3. The fourth-order valence-corrected chi connectivity index (χ4v) is 0.571. The summed E-state index contributed by atoms with van der Waals surface area (Å²) < 4.78 is 11.3. The second kappa shape index (κ2) is 2.96. The van der Waals surface area contributed by atoms with Crippen LogP contribution < -0.4 is 5.73 Å². The SMILES string of the molecule is Nc1ccc(C(=O)OF)cn1. The summed E-state index contributed by atoms with van der Waals surface area (Å²) in [7, 11) is 0. The maximum atomic E-state index is 11.3. The number of carbonyl (C=O) groups excluding carboxylic acids is 1. The topological polar surface area (TPSA) is 65.2 Å². The Bertz CT molecular complexity index is 260. The molecular weight excluding hydrogens is 151 g/mol. The van der Waals surface area contributed by atoms with Gasteiger partial charge in [-0.3, -0.25) is 0 Å². The van der Waals surface area contributed by atoms with Crippen LogP contribution in [0.25, 0.3) is 0 Å². The molecule has 0 aliphatic carbocycles. The number of hydrogen-bond donors (Lipinski definition) is 1. The maximum Gasteiger partial charge on any atom is 0.381 e. The predicted octanol–water partition coefficient (Wildman–Crippen LogP) is 0.705. The Hall–Kier alpha value is -1.65. The molecule has 0 saturated heterocycles. The number of pyridine rings is 1. The van der Waals surface area contributed by atoms with Crippen LogP contribution in [0.4, 0.5) is 10.3 Å². The number of hydrogen-bond acceptors (Lipinski definition) is 4. The predicted molar refractivity (Wildman–Crippen MR) is 35.2 cm³/mol. The van der Waals surface area contributed by atoms with Crippen LogP contribution in [0.2, 0.25) is 0 Å². The molecule has 0 fully saturated rings. The molecule has 2 N–H and O–H groups in total. The highest BCUT2D eigenvalue weighted by atomic mass is 19.3. The van der Waals surface area contributed by atoms with Crippen molar-refractivity contribution in [1.82, 2.24) is 4.98 Å². The number of carbonyl (C=O) groups is 1. The highest BCUT2D eigenvalue weighted by molar-refractivity contribution is 5.88. The van der Waals surface area contributed by atoms with Gasteiger partial charge in [-0.2, -0.15) is 0 Å². The molecule has 0 bridgehead atoms. The molecule has 58 valence electrons. The summed E-state index contributed by atoms with van der Waals surface area (Å²) in [6.07, 6.45) is 1.14. The summed E-state index contributed by atoms with van der Waals surface area (Å²) in [6, 6.07) is 2.70. The van der Waals surface area contributed by atoms with E-state index in [2.05, 4.69) is 9.93 Å². The van der Waals surface area contributed by atoms with E-state index in [-0.39, 0.29) is 11.4 Å². The lowest BCUT2D eigenvalue weighted by atomic mass is 10.3. The molecule has 1 heterocycles. The van der Waals surface area contributed by atoms with E-state index in [1.165, 1.54) is 12.1 Å². The van der Waals surface area contributed by atoms with Gasteiger partial charge < -0.3 is 5.73 Å². The lowest BCUT2D eigenvalue weighted by molar-refractivity contribution is -0.0788. The molecule has 1 aromatic heterocycles. The van der Waals surface area contributed by atoms with Gasteiger partial charge in [0.05, 0.1) is 5.56 Å². The highest BCUT2D eigenvalue weighted by Gasteiger charge is 2.06. The van der Waals surface area contributed by atoms with Crippen molar-refractivity contribution in [3.63, 3.8) is 0 Å². The molecule has 0 aromatic carbocycles. The first-order chi connectivity index (χ1) is 5.24. The van der Waals surface area contributed by atoms with Crippen molar-refractivity contribution in [2.45, 2.75) is 0 Å². The third-order valence-corrected chi connectivity index (χ3v) is 1.09. The Morgan fingerprint density at radius 3 is 2.82 bits per heavy atom. The number of aromatic nitrogens is 1. The van der Waals surface area contributed by atoms with E-state index in [4.69, 9.17) is 5.73 Å². The van der Waals surface area contributed by atoms with Crippen LogP contribution >= 0.6 is 0 Å². The highest BCUT2D eigenvalue weighted by Crippen LogP contribution is 2.02. The van der Waals surface area contributed by atoms with Crippen LogP contribution in [-0.2, 0) is 4.94 Å². The van der Waals surface area contributed by atoms with E-state index in [1.54, 1.807) is 0 Å². The molecule has 5 heteroatoms. The zero-order valence-corrected chi connectivity index (χ0v) is 5.45. The Kier molecular flexibility index (Phi) is 2.00. The van der Waals surface area contributed by atoms with E-state index in [0.29, 0.717) is 0 Å². The molecule has 0 radical (unpaired) electrons. The van der Waals surface area contributed by atoms with Crippen LogP contribution in [-0.4, -0.2) is 11.0 Å². The average molecular weight is 156 g/mol. The normalized spacial score (nSPS) is 9.18. The molecular formula is C6H5FN2O2. The van der Waals surface area contributed by atoms with Crippen LogP contribution in [0.5, 0.6) is 0 Å². The molecule has 4 nitrogen and oxygen atoms in total. The number of halogens is 1. The fourth-order valence-electron chi connectivity index (χ4n) is 0.571. The molecule has 0 aliphatic rings. The first-order valence-corrected chi connectivity index (χ1v) is 2.78. The van der Waals surface area contributed by atoms with Crippen molar-refractivity contribution in [3.8, 4) is 0 Å². The van der Waals surface area contributed by atoms with Gasteiger partial charge in [-0.05, 0) is 12.1 Å². The van der Waals surface area contributed by atoms with Crippen molar-refractivity contribution in [2.24, 2.45) is 0 Å². The minimum atomic E-state index is -1.07. The average Bonchev–Trinajstić information content (AvgIpc) is 2.05. The van der Waals surface area contributed by atoms with Crippen LogP contribution in [0.3, 0.4) is 0 Å². The van der Waals surface area contributed by atoms with Gasteiger partial charge in [0.1, 0.15) is 5.82 Å². The van der Waals surface area contributed by atoms with Crippen molar-refractivity contribution in [2.75, 3.05) is 5.73 Å². The van der Waals surface area contributed by atoms with Crippen molar-refractivity contribution in [1.29, 1.82) is 0 Å². The summed E-state index contributed by atoms with van der Waals surface area (Å²) in [6.45, 7) is 0. The molecule has 11 heavy (non-hydrogen) atoms. The third-order valence-electron chi connectivity index (χ3n) is 1.09. The second-order valence-electron chi connectivity index (χ2n) is 1.84. The molecule has 0 spiro atoms. The fraction of sp³-hybridized carbons (Fsp3) is 0. The van der Waals surface area contributed by atoms with E-state index in [0.717, 1.165) is 6.20 Å². The molecule has 0 amide bonds. The Morgan fingerprint density at radius 1 is 1.64 bits per heavy atom. The van der Waals surface area contributed by atoms with Gasteiger partial charge >= 0.3 is 5.97 Å². The minimum Gasteiger partial charge on any atom is -0.384 e. The smallest absolute Gasteiger partial charge is 0.381 e. The lowest BCUT2D eigenvalue weighted by Gasteiger charge is -1.93. The zero-order valence-electron chi connectivity index (χ0n) is 5.45. The molecule has 0 saturated carbocycles. The van der Waals surface area contributed by atoms with Crippen LogP contribution in [0.15, 0.2) is 18.3 Å². The van der Waals surface area contributed by atoms with Gasteiger partial charge in [-0.1, -0.05) is 0 Å². The zero-order chi connectivity index (χ0) is 8.27. The summed E-state index contributed by atoms with van der Waals surface area (Å²) in [4.78, 5) is 17.0. The monoisotopic (exact) mass is 156 g/mol. The van der Waals surface area contributed by atoms with E-state index < -0.39 is 5.97 Å². The summed E-state index contributed by atoms with van der Waals surface area (Å²) in [5.74, 6) is -0.807. The van der Waals surface area contributed by atoms with Crippen molar-refractivity contribution >= 4 is 11.8 Å². The quantitative estimate of drug-likeness (QED) is 0.650. The first-order valence-electron chi connectivity index (χ1n) is 2.78. The molecule has 0 unspecified atom stereocenters.